The van der Waals surface area contributed by atoms with E-state index in [1.807, 2.05) is 6.08 Å². The van der Waals surface area contributed by atoms with Gasteiger partial charge < -0.3 is 14.9 Å². The molecule has 6 aliphatic rings. The molecule has 0 aromatic rings. The molecule has 2 heterocycles. The Morgan fingerprint density at radius 3 is 2.75 bits per heavy atom. The SMILES string of the molecule is O=C(O)CCC1(O)CCC2C3C=CC4=CC(=O)CCC45COC(=O)C21CCC35. The predicted octanol–water partition coefficient (Wildman–Crippen LogP) is 2.41. The number of rotatable bonds is 3. The zero-order valence-electron chi connectivity index (χ0n) is 15.9. The lowest BCUT2D eigenvalue weighted by Gasteiger charge is -2.59. The van der Waals surface area contributed by atoms with Crippen LogP contribution in [0.5, 0.6) is 0 Å². The second-order valence-electron chi connectivity index (χ2n) is 9.42. The number of carboxylic acid groups (broad SMARTS) is 1. The van der Waals surface area contributed by atoms with E-state index < -0.39 is 17.0 Å². The van der Waals surface area contributed by atoms with Crippen LogP contribution >= 0.6 is 0 Å². The number of fused-ring (bicyclic) bond motifs is 3. The normalized spacial score (nSPS) is 46.2. The molecular formula is C22H26O6. The summed E-state index contributed by atoms with van der Waals surface area (Å²) in [6.45, 7) is 0.250. The number of ether oxygens (including phenoxy) is 1. The molecule has 6 unspecified atom stereocenters. The molecule has 0 amide bonds. The summed E-state index contributed by atoms with van der Waals surface area (Å²) >= 11 is 0. The third-order valence-corrected chi connectivity index (χ3v) is 8.61. The molecule has 4 bridgehead atoms. The van der Waals surface area contributed by atoms with E-state index in [2.05, 4.69) is 6.08 Å². The van der Waals surface area contributed by atoms with E-state index in [9.17, 15) is 19.5 Å². The van der Waals surface area contributed by atoms with Gasteiger partial charge in [-0.05, 0) is 67.9 Å². The number of hydrogen-bond donors (Lipinski definition) is 2. The highest BCUT2D eigenvalue weighted by Crippen LogP contribution is 2.68. The van der Waals surface area contributed by atoms with E-state index in [-0.39, 0.29) is 48.5 Å². The van der Waals surface area contributed by atoms with Crippen molar-refractivity contribution in [1.29, 1.82) is 0 Å². The van der Waals surface area contributed by atoms with Gasteiger partial charge in [0.15, 0.2) is 5.78 Å². The molecule has 2 aliphatic heterocycles. The fraction of sp³-hybridized carbons (Fsp3) is 0.682. The summed E-state index contributed by atoms with van der Waals surface area (Å²) < 4.78 is 5.87. The van der Waals surface area contributed by atoms with Gasteiger partial charge in [0, 0.05) is 18.3 Å². The number of allylic oxidation sites excluding steroid dienone is 3. The molecule has 6 rings (SSSR count). The molecular weight excluding hydrogens is 360 g/mol. The second-order valence-corrected chi connectivity index (χ2v) is 9.42. The first-order valence-corrected chi connectivity index (χ1v) is 10.4. The lowest BCUT2D eigenvalue weighted by molar-refractivity contribution is -0.206. The Labute approximate surface area is 163 Å². The summed E-state index contributed by atoms with van der Waals surface area (Å²) in [6, 6.07) is 0. The van der Waals surface area contributed by atoms with Crippen molar-refractivity contribution in [2.75, 3.05) is 6.61 Å². The van der Waals surface area contributed by atoms with Gasteiger partial charge in [-0.25, -0.2) is 0 Å². The van der Waals surface area contributed by atoms with Crippen LogP contribution in [0.1, 0.15) is 51.4 Å². The first-order valence-electron chi connectivity index (χ1n) is 10.4. The molecule has 2 spiro atoms. The maximum Gasteiger partial charge on any atom is 0.315 e. The summed E-state index contributed by atoms with van der Waals surface area (Å²) in [6.07, 6.45) is 9.50. The third-order valence-electron chi connectivity index (χ3n) is 8.61. The average Bonchev–Trinajstić information content (AvgIpc) is 2.98. The van der Waals surface area contributed by atoms with Crippen molar-refractivity contribution >= 4 is 17.7 Å². The molecule has 150 valence electrons. The number of carboxylic acids is 1. The molecule has 2 saturated carbocycles. The predicted molar refractivity (Wildman–Crippen MR) is 98.0 cm³/mol. The van der Waals surface area contributed by atoms with Crippen LogP contribution in [0, 0.1) is 28.6 Å². The maximum absolute atomic E-state index is 13.4. The van der Waals surface area contributed by atoms with Crippen LogP contribution in [0.15, 0.2) is 23.8 Å². The first kappa shape index (κ1) is 18.1. The maximum atomic E-state index is 13.4. The first-order chi connectivity index (χ1) is 13.3. The Morgan fingerprint density at radius 1 is 1.18 bits per heavy atom. The third kappa shape index (κ3) is 2.10. The Bertz CT molecular complexity index is 827. The number of ketones is 1. The van der Waals surface area contributed by atoms with Gasteiger partial charge in [0.05, 0.1) is 11.0 Å². The lowest BCUT2D eigenvalue weighted by Crippen LogP contribution is -2.63. The van der Waals surface area contributed by atoms with E-state index in [4.69, 9.17) is 9.84 Å². The quantitative estimate of drug-likeness (QED) is 0.723. The zero-order chi connectivity index (χ0) is 19.7. The fourth-order valence-corrected chi connectivity index (χ4v) is 7.32. The molecule has 2 N–H and O–H groups in total. The van der Waals surface area contributed by atoms with E-state index in [1.165, 1.54) is 0 Å². The van der Waals surface area contributed by atoms with E-state index in [0.29, 0.717) is 38.0 Å². The molecule has 0 aromatic heterocycles. The minimum absolute atomic E-state index is 0.0369. The van der Waals surface area contributed by atoms with Crippen LogP contribution in [-0.2, 0) is 19.1 Å². The van der Waals surface area contributed by atoms with Gasteiger partial charge in [0.2, 0.25) is 0 Å². The number of aliphatic carboxylic acids is 1. The molecule has 6 atom stereocenters. The molecule has 6 nitrogen and oxygen atoms in total. The Morgan fingerprint density at radius 2 is 1.96 bits per heavy atom. The number of carbonyl (C=O) groups is 3. The monoisotopic (exact) mass is 386 g/mol. The number of hydrogen-bond acceptors (Lipinski definition) is 5. The average molecular weight is 386 g/mol. The van der Waals surface area contributed by atoms with E-state index in [1.54, 1.807) is 6.08 Å². The fourth-order valence-electron chi connectivity index (χ4n) is 7.32. The van der Waals surface area contributed by atoms with Crippen LogP contribution in [0.25, 0.3) is 0 Å². The topological polar surface area (TPSA) is 101 Å². The Kier molecular flexibility index (Phi) is 3.74. The molecule has 0 aromatic carbocycles. The summed E-state index contributed by atoms with van der Waals surface area (Å²) in [5.41, 5.74) is -1.64. The van der Waals surface area contributed by atoms with Gasteiger partial charge in [-0.2, -0.15) is 0 Å². The summed E-state index contributed by atoms with van der Waals surface area (Å²) in [7, 11) is 0. The number of aliphatic hydroxyl groups is 1. The summed E-state index contributed by atoms with van der Waals surface area (Å²) in [5.74, 6) is -0.775. The second kappa shape index (κ2) is 5.78. The van der Waals surface area contributed by atoms with Crippen LogP contribution < -0.4 is 0 Å². The van der Waals surface area contributed by atoms with Gasteiger partial charge >= 0.3 is 11.9 Å². The van der Waals surface area contributed by atoms with Crippen LogP contribution in [0.2, 0.25) is 0 Å². The van der Waals surface area contributed by atoms with Crippen molar-refractivity contribution in [2.45, 2.75) is 57.0 Å². The van der Waals surface area contributed by atoms with Crippen LogP contribution in [0.4, 0.5) is 0 Å². The highest BCUT2D eigenvalue weighted by atomic mass is 16.5. The zero-order valence-corrected chi connectivity index (χ0v) is 15.9. The lowest BCUT2D eigenvalue weighted by atomic mass is 9.46. The molecule has 4 aliphatic carbocycles. The van der Waals surface area contributed by atoms with Crippen LogP contribution in [-0.4, -0.2) is 40.1 Å². The number of carbonyl (C=O) groups excluding carboxylic acids is 2. The van der Waals surface area contributed by atoms with Crippen molar-refractivity contribution < 1.29 is 29.3 Å². The molecule has 4 fully saturated rings. The molecule has 2 saturated heterocycles. The molecule has 0 radical (unpaired) electrons. The van der Waals surface area contributed by atoms with Gasteiger partial charge in [-0.15, -0.1) is 0 Å². The van der Waals surface area contributed by atoms with Crippen molar-refractivity contribution in [3.8, 4) is 0 Å². The van der Waals surface area contributed by atoms with Crippen LogP contribution in [0.3, 0.4) is 0 Å². The Balaban J connectivity index is 1.61. The van der Waals surface area contributed by atoms with Crippen molar-refractivity contribution in [3.05, 3.63) is 23.8 Å². The minimum Gasteiger partial charge on any atom is -0.481 e. The summed E-state index contributed by atoms with van der Waals surface area (Å²) in [4.78, 5) is 36.6. The Hall–Kier alpha value is -1.95. The standard InChI is InChI=1S/C22H26O6/c23-14-3-7-20-12-28-19(26)22-10-5-16(20)15(2-1-13(20)11-14)17(22)4-8-21(22,27)9-6-18(24)25/h1-2,11,15-17,27H,3-10,12H2,(H,24,25). The van der Waals surface area contributed by atoms with E-state index >= 15 is 0 Å². The van der Waals surface area contributed by atoms with Crippen molar-refractivity contribution in [3.63, 3.8) is 0 Å². The van der Waals surface area contributed by atoms with Gasteiger partial charge in [-0.3, -0.25) is 14.4 Å². The summed E-state index contributed by atoms with van der Waals surface area (Å²) in [5, 5.41) is 20.7. The smallest absolute Gasteiger partial charge is 0.315 e. The van der Waals surface area contributed by atoms with Crippen molar-refractivity contribution in [1.82, 2.24) is 0 Å². The molecule has 28 heavy (non-hydrogen) atoms. The largest absolute Gasteiger partial charge is 0.481 e. The van der Waals surface area contributed by atoms with Gasteiger partial charge in [0.25, 0.3) is 0 Å². The van der Waals surface area contributed by atoms with Gasteiger partial charge in [0.1, 0.15) is 6.61 Å². The highest BCUT2D eigenvalue weighted by molar-refractivity contribution is 5.92. The molecule has 6 heteroatoms. The number of esters is 1. The van der Waals surface area contributed by atoms with E-state index in [0.717, 1.165) is 12.0 Å². The highest BCUT2D eigenvalue weighted by Gasteiger charge is 2.71. The minimum atomic E-state index is -1.32. The van der Waals surface area contributed by atoms with Gasteiger partial charge in [-0.1, -0.05) is 12.2 Å². The van der Waals surface area contributed by atoms with Crippen molar-refractivity contribution in [2.24, 2.45) is 28.6 Å².